The van der Waals surface area contributed by atoms with Crippen LogP contribution in [-0.4, -0.2) is 5.11 Å². The summed E-state index contributed by atoms with van der Waals surface area (Å²) < 4.78 is 27.4. The topological polar surface area (TPSA) is 67.8 Å². The largest absolute Gasteiger partial charge is 0.508 e. The van der Waals surface area contributed by atoms with Crippen LogP contribution in [0.25, 0.3) is 0 Å². The van der Waals surface area contributed by atoms with E-state index >= 15 is 0 Å². The lowest BCUT2D eigenvalue weighted by atomic mass is 10.2. The van der Waals surface area contributed by atoms with Crippen molar-refractivity contribution in [2.45, 2.75) is 5.78 Å². The van der Waals surface area contributed by atoms with Crippen molar-refractivity contribution >= 4 is 29.2 Å². The van der Waals surface area contributed by atoms with Crippen LogP contribution in [0.15, 0.2) is 114 Å². The summed E-state index contributed by atoms with van der Waals surface area (Å²) in [6.45, 7) is 0. The molecule has 7 heteroatoms. The molecular weight excluding hydrogens is 489 g/mol. The maximum atomic E-state index is 14.4. The van der Waals surface area contributed by atoms with E-state index in [2.05, 4.69) is 21.2 Å². The molecule has 0 bridgehead atoms. The van der Waals surface area contributed by atoms with Crippen molar-refractivity contribution in [2.75, 3.05) is 5.32 Å². The van der Waals surface area contributed by atoms with Crippen LogP contribution in [-0.2, 0) is 4.57 Å². The van der Waals surface area contributed by atoms with Gasteiger partial charge in [0, 0.05) is 15.7 Å². The van der Waals surface area contributed by atoms with Gasteiger partial charge in [-0.25, -0.2) is 4.57 Å². The molecule has 1 unspecified atom stereocenters. The predicted molar refractivity (Wildman–Crippen MR) is 130 cm³/mol. The summed E-state index contributed by atoms with van der Waals surface area (Å²) in [5.74, 6) is -0.226. The standard InChI is InChI=1S/C25H21BrNO4P/c26-19-15-17-20(18-16-19)27-25(23-13-7-8-14-24(23)28)32(29,30-21-9-3-1-4-10-21)31-22-11-5-2-6-12-22/h1-18,25,27-28H. The predicted octanol–water partition coefficient (Wildman–Crippen LogP) is 7.62. The van der Waals surface area contributed by atoms with E-state index in [9.17, 15) is 9.67 Å². The van der Waals surface area contributed by atoms with Crippen molar-refractivity contribution in [3.63, 3.8) is 0 Å². The molecule has 1 atom stereocenters. The van der Waals surface area contributed by atoms with E-state index in [1.807, 2.05) is 36.4 Å². The van der Waals surface area contributed by atoms with Gasteiger partial charge < -0.3 is 19.5 Å². The molecule has 0 radical (unpaired) electrons. The summed E-state index contributed by atoms with van der Waals surface area (Å²) in [7, 11) is -3.98. The van der Waals surface area contributed by atoms with Crippen LogP contribution in [0.3, 0.4) is 0 Å². The molecule has 0 aliphatic heterocycles. The van der Waals surface area contributed by atoms with Gasteiger partial charge >= 0.3 is 7.60 Å². The lowest BCUT2D eigenvalue weighted by Crippen LogP contribution is -2.18. The van der Waals surface area contributed by atoms with Crippen molar-refractivity contribution < 1.29 is 18.7 Å². The zero-order valence-electron chi connectivity index (χ0n) is 17.0. The van der Waals surface area contributed by atoms with Gasteiger partial charge in [-0.2, -0.15) is 0 Å². The molecule has 0 fully saturated rings. The number of para-hydroxylation sites is 3. The Morgan fingerprint density at radius 1 is 0.719 bits per heavy atom. The zero-order chi connectivity index (χ0) is 22.4. The molecule has 0 spiro atoms. The molecule has 32 heavy (non-hydrogen) atoms. The summed E-state index contributed by atoms with van der Waals surface area (Å²) in [6, 6.07) is 31.8. The number of phenols is 1. The molecular formula is C25H21BrNO4P. The van der Waals surface area contributed by atoms with Gasteiger partial charge in [0.25, 0.3) is 0 Å². The highest BCUT2D eigenvalue weighted by atomic mass is 79.9. The Morgan fingerprint density at radius 2 is 1.22 bits per heavy atom. The van der Waals surface area contributed by atoms with E-state index in [-0.39, 0.29) is 5.75 Å². The zero-order valence-corrected chi connectivity index (χ0v) is 19.4. The number of anilines is 1. The second-order valence-electron chi connectivity index (χ2n) is 6.96. The van der Waals surface area contributed by atoms with Gasteiger partial charge in [0.15, 0.2) is 5.78 Å². The van der Waals surface area contributed by atoms with E-state index in [4.69, 9.17) is 9.05 Å². The van der Waals surface area contributed by atoms with Crippen molar-refractivity contribution in [3.05, 3.63) is 119 Å². The molecule has 4 aromatic carbocycles. The number of rotatable bonds is 8. The fraction of sp³-hybridized carbons (Fsp3) is 0.0400. The smallest absolute Gasteiger partial charge is 0.457 e. The molecule has 0 heterocycles. The molecule has 4 rings (SSSR count). The Morgan fingerprint density at radius 3 is 1.75 bits per heavy atom. The molecule has 0 aliphatic rings. The molecule has 0 aliphatic carbocycles. The number of halogens is 1. The minimum atomic E-state index is -3.98. The van der Waals surface area contributed by atoms with Crippen LogP contribution >= 0.6 is 23.5 Å². The molecule has 162 valence electrons. The van der Waals surface area contributed by atoms with Crippen molar-refractivity contribution in [1.29, 1.82) is 0 Å². The average Bonchev–Trinajstić information content (AvgIpc) is 2.80. The van der Waals surface area contributed by atoms with Crippen LogP contribution in [0, 0.1) is 0 Å². The molecule has 0 amide bonds. The quantitative estimate of drug-likeness (QED) is 0.239. The minimum absolute atomic E-state index is 0.0179. The van der Waals surface area contributed by atoms with E-state index in [0.29, 0.717) is 22.7 Å². The number of hydrogen-bond acceptors (Lipinski definition) is 5. The second kappa shape index (κ2) is 9.94. The second-order valence-corrected chi connectivity index (χ2v) is 9.84. The van der Waals surface area contributed by atoms with Gasteiger partial charge in [0.05, 0.1) is 0 Å². The Labute approximate surface area is 195 Å². The Kier molecular flexibility index (Phi) is 6.84. The Balaban J connectivity index is 1.81. The number of aromatic hydroxyl groups is 1. The van der Waals surface area contributed by atoms with Gasteiger partial charge in [0.1, 0.15) is 17.2 Å². The summed E-state index contributed by atoms with van der Waals surface area (Å²) >= 11 is 3.42. The van der Waals surface area contributed by atoms with Crippen molar-refractivity contribution in [3.8, 4) is 17.2 Å². The normalized spacial score (nSPS) is 12.0. The van der Waals surface area contributed by atoms with Crippen LogP contribution in [0.4, 0.5) is 5.69 Å². The number of phenolic OH excluding ortho intramolecular Hbond substituents is 1. The summed E-state index contributed by atoms with van der Waals surface area (Å²) in [4.78, 5) is 0. The van der Waals surface area contributed by atoms with Gasteiger partial charge in [-0.15, -0.1) is 0 Å². The maximum Gasteiger partial charge on any atom is 0.457 e. The lowest BCUT2D eigenvalue weighted by Gasteiger charge is -2.29. The first kappa shape index (κ1) is 22.0. The van der Waals surface area contributed by atoms with Gasteiger partial charge in [-0.1, -0.05) is 70.5 Å². The third-order valence-corrected chi connectivity index (χ3v) is 7.15. The molecule has 0 saturated heterocycles. The molecule has 4 aromatic rings. The van der Waals surface area contributed by atoms with E-state index in [1.165, 1.54) is 0 Å². The van der Waals surface area contributed by atoms with Crippen molar-refractivity contribution in [2.24, 2.45) is 0 Å². The lowest BCUT2D eigenvalue weighted by molar-refractivity contribution is 0.374. The van der Waals surface area contributed by atoms with Crippen LogP contribution < -0.4 is 14.4 Å². The highest BCUT2D eigenvalue weighted by Gasteiger charge is 2.42. The summed E-state index contributed by atoms with van der Waals surface area (Å²) in [5.41, 5.74) is 1.08. The fourth-order valence-electron chi connectivity index (χ4n) is 3.13. The van der Waals surface area contributed by atoms with Gasteiger partial charge in [0.2, 0.25) is 0 Å². The third kappa shape index (κ3) is 5.34. The molecule has 5 nitrogen and oxygen atoms in total. The van der Waals surface area contributed by atoms with E-state index in [1.54, 1.807) is 72.8 Å². The maximum absolute atomic E-state index is 14.4. The van der Waals surface area contributed by atoms with Crippen LogP contribution in [0.5, 0.6) is 17.2 Å². The van der Waals surface area contributed by atoms with Crippen LogP contribution in [0.1, 0.15) is 11.3 Å². The summed E-state index contributed by atoms with van der Waals surface area (Å²) in [5, 5.41) is 13.9. The monoisotopic (exact) mass is 509 g/mol. The minimum Gasteiger partial charge on any atom is -0.508 e. The first-order valence-corrected chi connectivity index (χ1v) is 12.3. The van der Waals surface area contributed by atoms with Crippen molar-refractivity contribution in [1.82, 2.24) is 0 Å². The first-order valence-electron chi connectivity index (χ1n) is 9.92. The average molecular weight is 510 g/mol. The molecule has 2 N–H and O–H groups in total. The highest BCUT2D eigenvalue weighted by molar-refractivity contribution is 9.10. The first-order chi connectivity index (χ1) is 15.5. The number of hydrogen-bond donors (Lipinski definition) is 2. The Bertz CT molecular complexity index is 1160. The number of nitrogens with one attached hydrogen (secondary N) is 1. The highest BCUT2D eigenvalue weighted by Crippen LogP contribution is 2.61. The fourth-order valence-corrected chi connectivity index (χ4v) is 5.34. The summed E-state index contributed by atoms with van der Waals surface area (Å²) in [6.07, 6.45) is 0. The number of benzene rings is 4. The SMILES string of the molecule is O=P(Oc1ccccc1)(Oc1ccccc1)C(Nc1ccc(Br)cc1)c1ccccc1O. The molecule has 0 saturated carbocycles. The van der Waals surface area contributed by atoms with E-state index in [0.717, 1.165) is 4.47 Å². The van der Waals surface area contributed by atoms with Crippen LogP contribution in [0.2, 0.25) is 0 Å². The third-order valence-electron chi connectivity index (χ3n) is 4.65. The Hall–Kier alpha value is -3.21. The molecule has 0 aromatic heterocycles. The van der Waals surface area contributed by atoms with Gasteiger partial charge in [-0.05, 0) is 54.6 Å². The van der Waals surface area contributed by atoms with E-state index < -0.39 is 13.4 Å². The van der Waals surface area contributed by atoms with Gasteiger partial charge in [-0.3, -0.25) is 0 Å².